The van der Waals surface area contributed by atoms with E-state index in [4.69, 9.17) is 0 Å². The van der Waals surface area contributed by atoms with E-state index < -0.39 is 0 Å². The summed E-state index contributed by atoms with van der Waals surface area (Å²) in [6.45, 7) is 8.18. The minimum atomic E-state index is -0.0307. The lowest BCUT2D eigenvalue weighted by Gasteiger charge is -2.03. The summed E-state index contributed by atoms with van der Waals surface area (Å²) in [7, 11) is 0. The average Bonchev–Trinajstić information content (AvgIpc) is 2.45. The minimum absolute atomic E-state index is 0.0307. The molecule has 0 saturated carbocycles. The average molecular weight is 219 g/mol. The Bertz CT molecular complexity index is 578. The summed E-state index contributed by atoms with van der Waals surface area (Å²) in [5.74, 6) is 0.509. The predicted octanol–water partition coefficient (Wildman–Crippen LogP) is 1.84. The maximum Gasteiger partial charge on any atom is 0.272 e. The summed E-state index contributed by atoms with van der Waals surface area (Å²) in [6, 6.07) is 1.61. The zero-order chi connectivity index (χ0) is 11.9. The Kier molecular flexibility index (Phi) is 2.58. The van der Waals surface area contributed by atoms with E-state index in [0.717, 1.165) is 29.0 Å². The number of aryl methyl sites for hydroxylation is 2. The van der Waals surface area contributed by atoms with Crippen molar-refractivity contribution in [3.8, 4) is 0 Å². The molecule has 0 bridgehead atoms. The van der Waals surface area contributed by atoms with Crippen molar-refractivity contribution in [3.05, 3.63) is 33.4 Å². The molecule has 4 nitrogen and oxygen atoms in total. The molecule has 0 fully saturated rings. The second-order valence-electron chi connectivity index (χ2n) is 4.70. The first-order chi connectivity index (χ1) is 7.49. The lowest BCUT2D eigenvalue weighted by Crippen LogP contribution is -2.16. The standard InChI is InChI=1S/C12H17N3O/c1-7(2)5-10-6-11(16)15-12(13-10)8(3)9(4)14-15/h6-7,14H,5H2,1-4H3. The van der Waals surface area contributed by atoms with Gasteiger partial charge in [0, 0.05) is 23.0 Å². The van der Waals surface area contributed by atoms with E-state index in [1.165, 1.54) is 4.52 Å². The summed E-state index contributed by atoms with van der Waals surface area (Å²) < 4.78 is 1.51. The normalized spacial score (nSPS) is 11.6. The van der Waals surface area contributed by atoms with Gasteiger partial charge in [0.15, 0.2) is 5.65 Å². The van der Waals surface area contributed by atoms with Crippen LogP contribution in [-0.2, 0) is 6.42 Å². The summed E-state index contributed by atoms with van der Waals surface area (Å²) in [4.78, 5) is 16.4. The molecule has 2 aromatic rings. The topological polar surface area (TPSA) is 50.2 Å². The van der Waals surface area contributed by atoms with Gasteiger partial charge < -0.3 is 0 Å². The van der Waals surface area contributed by atoms with Gasteiger partial charge in [-0.05, 0) is 26.2 Å². The Labute approximate surface area is 94.3 Å². The van der Waals surface area contributed by atoms with Gasteiger partial charge in [-0.15, -0.1) is 0 Å². The molecule has 2 aromatic heterocycles. The number of aromatic amines is 1. The monoisotopic (exact) mass is 219 g/mol. The van der Waals surface area contributed by atoms with E-state index >= 15 is 0 Å². The first-order valence-corrected chi connectivity index (χ1v) is 5.57. The van der Waals surface area contributed by atoms with Gasteiger partial charge in [0.1, 0.15) is 0 Å². The maximum atomic E-state index is 11.8. The molecule has 0 aliphatic rings. The van der Waals surface area contributed by atoms with Gasteiger partial charge in [-0.2, -0.15) is 0 Å². The predicted molar refractivity (Wildman–Crippen MR) is 63.8 cm³/mol. The fraction of sp³-hybridized carbons (Fsp3) is 0.500. The largest absolute Gasteiger partial charge is 0.294 e. The second kappa shape index (κ2) is 3.77. The smallest absolute Gasteiger partial charge is 0.272 e. The molecule has 0 saturated heterocycles. The number of hydrogen-bond acceptors (Lipinski definition) is 2. The molecule has 4 heteroatoms. The first kappa shape index (κ1) is 10.9. The molecule has 0 radical (unpaired) electrons. The molecule has 0 aliphatic heterocycles. The van der Waals surface area contributed by atoms with Crippen molar-refractivity contribution in [3.63, 3.8) is 0 Å². The second-order valence-corrected chi connectivity index (χ2v) is 4.70. The van der Waals surface area contributed by atoms with Gasteiger partial charge in [0.05, 0.1) is 0 Å². The van der Waals surface area contributed by atoms with E-state index in [9.17, 15) is 4.79 Å². The minimum Gasteiger partial charge on any atom is -0.294 e. The third kappa shape index (κ3) is 1.75. The van der Waals surface area contributed by atoms with Crippen LogP contribution in [0, 0.1) is 19.8 Å². The fourth-order valence-corrected chi connectivity index (χ4v) is 1.83. The number of fused-ring (bicyclic) bond motifs is 1. The van der Waals surface area contributed by atoms with Crippen molar-refractivity contribution in [1.82, 2.24) is 14.6 Å². The van der Waals surface area contributed by atoms with Crippen LogP contribution in [0.3, 0.4) is 0 Å². The Morgan fingerprint density at radius 2 is 2.12 bits per heavy atom. The van der Waals surface area contributed by atoms with Gasteiger partial charge in [-0.1, -0.05) is 13.8 Å². The third-order valence-corrected chi connectivity index (χ3v) is 2.77. The molecular weight excluding hydrogens is 202 g/mol. The quantitative estimate of drug-likeness (QED) is 0.837. The van der Waals surface area contributed by atoms with E-state index in [0.29, 0.717) is 5.92 Å². The molecule has 0 aromatic carbocycles. The summed E-state index contributed by atoms with van der Waals surface area (Å²) in [6.07, 6.45) is 0.843. The van der Waals surface area contributed by atoms with E-state index in [2.05, 4.69) is 23.9 Å². The van der Waals surface area contributed by atoms with Crippen molar-refractivity contribution < 1.29 is 0 Å². The van der Waals surface area contributed by atoms with Crippen LogP contribution in [0.2, 0.25) is 0 Å². The lowest BCUT2D eigenvalue weighted by atomic mass is 10.1. The molecule has 1 N–H and O–H groups in total. The zero-order valence-electron chi connectivity index (χ0n) is 10.2. The highest BCUT2D eigenvalue weighted by Crippen LogP contribution is 2.11. The van der Waals surface area contributed by atoms with Crippen LogP contribution in [0.5, 0.6) is 0 Å². The Balaban J connectivity index is 2.65. The highest BCUT2D eigenvalue weighted by atomic mass is 16.1. The molecule has 0 spiro atoms. The third-order valence-electron chi connectivity index (χ3n) is 2.77. The summed E-state index contributed by atoms with van der Waals surface area (Å²) >= 11 is 0. The zero-order valence-corrected chi connectivity index (χ0v) is 10.2. The van der Waals surface area contributed by atoms with Crippen LogP contribution >= 0.6 is 0 Å². The van der Waals surface area contributed by atoms with E-state index in [1.54, 1.807) is 6.07 Å². The molecule has 2 heterocycles. The molecule has 2 rings (SSSR count). The highest BCUT2D eigenvalue weighted by Gasteiger charge is 2.09. The van der Waals surface area contributed by atoms with Crippen LogP contribution in [0.1, 0.15) is 30.8 Å². The molecule has 0 aliphatic carbocycles. The summed E-state index contributed by atoms with van der Waals surface area (Å²) in [5, 5.41) is 3.02. The number of H-pyrrole nitrogens is 1. The van der Waals surface area contributed by atoms with Crippen molar-refractivity contribution in [2.75, 3.05) is 0 Å². The molecule has 16 heavy (non-hydrogen) atoms. The lowest BCUT2D eigenvalue weighted by molar-refractivity contribution is 0.633. The molecule has 0 unspecified atom stereocenters. The van der Waals surface area contributed by atoms with Gasteiger partial charge >= 0.3 is 0 Å². The van der Waals surface area contributed by atoms with E-state index in [-0.39, 0.29) is 5.56 Å². The van der Waals surface area contributed by atoms with Crippen molar-refractivity contribution >= 4 is 5.65 Å². The van der Waals surface area contributed by atoms with Crippen molar-refractivity contribution in [2.24, 2.45) is 5.92 Å². The molecule has 0 atom stereocenters. The molecule has 86 valence electrons. The van der Waals surface area contributed by atoms with Crippen LogP contribution in [0.4, 0.5) is 0 Å². The van der Waals surface area contributed by atoms with Gasteiger partial charge in [-0.25, -0.2) is 9.50 Å². The van der Waals surface area contributed by atoms with Crippen LogP contribution in [0.15, 0.2) is 10.9 Å². The Hall–Kier alpha value is -1.58. The number of aromatic nitrogens is 3. The Morgan fingerprint density at radius 3 is 2.75 bits per heavy atom. The molecular formula is C12H17N3O. The first-order valence-electron chi connectivity index (χ1n) is 5.57. The number of rotatable bonds is 2. The number of hydrogen-bond donors (Lipinski definition) is 1. The van der Waals surface area contributed by atoms with Crippen LogP contribution < -0.4 is 5.56 Å². The fourth-order valence-electron chi connectivity index (χ4n) is 1.83. The van der Waals surface area contributed by atoms with Crippen molar-refractivity contribution in [2.45, 2.75) is 34.1 Å². The van der Waals surface area contributed by atoms with Gasteiger partial charge in [0.25, 0.3) is 5.56 Å². The van der Waals surface area contributed by atoms with Gasteiger partial charge in [0.2, 0.25) is 0 Å². The van der Waals surface area contributed by atoms with Gasteiger partial charge in [-0.3, -0.25) is 9.89 Å². The Morgan fingerprint density at radius 1 is 1.44 bits per heavy atom. The SMILES string of the molecule is Cc1[nH]n2c(=O)cc(CC(C)C)nc2c1C. The highest BCUT2D eigenvalue weighted by molar-refractivity contribution is 5.49. The van der Waals surface area contributed by atoms with Crippen molar-refractivity contribution in [1.29, 1.82) is 0 Å². The van der Waals surface area contributed by atoms with Crippen LogP contribution in [-0.4, -0.2) is 14.6 Å². The number of nitrogens with zero attached hydrogens (tertiary/aromatic N) is 2. The van der Waals surface area contributed by atoms with Crippen LogP contribution in [0.25, 0.3) is 5.65 Å². The number of nitrogens with one attached hydrogen (secondary N) is 1. The maximum absolute atomic E-state index is 11.8. The summed E-state index contributed by atoms with van der Waals surface area (Å²) in [5.41, 5.74) is 3.63. The van der Waals surface area contributed by atoms with E-state index in [1.807, 2.05) is 13.8 Å². The molecule has 0 amide bonds.